The fraction of sp³-hybridized carbons (Fsp3) is 0.700. The molecule has 0 radical (unpaired) electrons. The summed E-state index contributed by atoms with van der Waals surface area (Å²) in [5.74, 6) is 8.88. The predicted molar refractivity (Wildman–Crippen MR) is 109 cm³/mol. The molecule has 0 aromatic heterocycles. The molecule has 26 heavy (non-hydrogen) atoms. The lowest BCUT2D eigenvalue weighted by molar-refractivity contribution is -0.321. The Morgan fingerprint density at radius 2 is 1.96 bits per heavy atom. The molecule has 0 spiro atoms. The van der Waals surface area contributed by atoms with Crippen LogP contribution in [0.25, 0.3) is 0 Å². The van der Waals surface area contributed by atoms with Crippen LogP contribution in [0.5, 0.6) is 0 Å². The highest BCUT2D eigenvalue weighted by Crippen LogP contribution is 2.34. The fourth-order valence-electron chi connectivity index (χ4n) is 2.60. The number of halogens is 1. The van der Waals surface area contributed by atoms with Crippen LogP contribution in [0.15, 0.2) is 10.7 Å². The van der Waals surface area contributed by atoms with Crippen molar-refractivity contribution in [2.24, 2.45) is 0 Å². The maximum atomic E-state index is 6.01. The first-order valence-electron chi connectivity index (χ1n) is 9.08. The van der Waals surface area contributed by atoms with Crippen LogP contribution in [0.2, 0.25) is 19.6 Å². The normalized spacial score (nSPS) is 27.0. The molecule has 144 valence electrons. The molecule has 2 rings (SSSR count). The zero-order chi connectivity index (χ0) is 19.2. The Morgan fingerprint density at radius 1 is 1.23 bits per heavy atom. The monoisotopic (exact) mass is 440 g/mol. The van der Waals surface area contributed by atoms with E-state index in [4.69, 9.17) is 18.9 Å². The lowest BCUT2D eigenvalue weighted by Gasteiger charge is -2.45. The summed E-state index contributed by atoms with van der Waals surface area (Å²) in [6.07, 6.45) is 3.84. The number of hydrogen-bond donors (Lipinski definition) is 0. The summed E-state index contributed by atoms with van der Waals surface area (Å²) in [6, 6.07) is 0. The quantitative estimate of drug-likeness (QED) is 0.372. The third kappa shape index (κ3) is 7.10. The van der Waals surface area contributed by atoms with Gasteiger partial charge in [-0.05, 0) is 36.2 Å². The Kier molecular flexibility index (Phi) is 7.82. The van der Waals surface area contributed by atoms with Gasteiger partial charge in [-0.15, -0.1) is 17.4 Å². The Labute approximate surface area is 167 Å². The second-order valence-electron chi connectivity index (χ2n) is 7.96. The molecule has 2 aliphatic rings. The number of hydrogen-bond acceptors (Lipinski definition) is 4. The highest BCUT2D eigenvalue weighted by atomic mass is 79.9. The summed E-state index contributed by atoms with van der Waals surface area (Å²) < 4.78 is 24.1. The molecule has 2 aliphatic heterocycles. The Balaban J connectivity index is 1.76. The lowest BCUT2D eigenvalue weighted by atomic mass is 10.0. The smallest absolute Gasteiger partial charge is 0.163 e. The molecule has 0 amide bonds. The SMILES string of the molecule is CC1(C)OC[C@H]2OC=C(Br)[C@@H](OCC#CCCCC#C[Si](C)(C)C)[C@@H]2O1. The first-order valence-corrected chi connectivity index (χ1v) is 13.4. The molecule has 0 aromatic carbocycles. The van der Waals surface area contributed by atoms with Crippen LogP contribution in [0, 0.1) is 23.3 Å². The second kappa shape index (κ2) is 9.44. The van der Waals surface area contributed by atoms with Gasteiger partial charge >= 0.3 is 0 Å². The van der Waals surface area contributed by atoms with Gasteiger partial charge < -0.3 is 18.9 Å². The van der Waals surface area contributed by atoms with E-state index in [1.165, 1.54) is 0 Å². The zero-order valence-electron chi connectivity index (χ0n) is 16.4. The van der Waals surface area contributed by atoms with Gasteiger partial charge in [0.1, 0.15) is 26.9 Å². The Bertz CT molecular complexity index is 630. The van der Waals surface area contributed by atoms with Gasteiger partial charge in [0.2, 0.25) is 0 Å². The number of fused-ring (bicyclic) bond motifs is 1. The van der Waals surface area contributed by atoms with E-state index in [2.05, 4.69) is 58.9 Å². The van der Waals surface area contributed by atoms with Gasteiger partial charge in [0.05, 0.1) is 17.4 Å². The molecule has 0 aliphatic carbocycles. The zero-order valence-corrected chi connectivity index (χ0v) is 18.9. The van der Waals surface area contributed by atoms with Gasteiger partial charge in [0.25, 0.3) is 0 Å². The van der Waals surface area contributed by atoms with E-state index >= 15 is 0 Å². The molecule has 0 N–H and O–H groups in total. The number of unbranched alkanes of at least 4 members (excludes halogenated alkanes) is 2. The minimum Gasteiger partial charge on any atom is -0.492 e. The highest BCUT2D eigenvalue weighted by Gasteiger charge is 2.45. The number of ether oxygens (including phenoxy) is 4. The van der Waals surface area contributed by atoms with Crippen molar-refractivity contribution in [2.75, 3.05) is 13.2 Å². The van der Waals surface area contributed by atoms with Crippen LogP contribution < -0.4 is 0 Å². The molecule has 0 unspecified atom stereocenters. The van der Waals surface area contributed by atoms with Gasteiger partial charge in [-0.2, -0.15) is 0 Å². The van der Waals surface area contributed by atoms with Crippen molar-refractivity contribution < 1.29 is 18.9 Å². The first-order chi connectivity index (χ1) is 12.2. The third-order valence-corrected chi connectivity index (χ3v) is 5.40. The largest absolute Gasteiger partial charge is 0.492 e. The van der Waals surface area contributed by atoms with Gasteiger partial charge in [0.15, 0.2) is 11.9 Å². The average Bonchev–Trinajstić information content (AvgIpc) is 2.53. The van der Waals surface area contributed by atoms with E-state index in [1.807, 2.05) is 13.8 Å². The molecular formula is C20H29BrO4Si. The Hall–Kier alpha value is -0.763. The Morgan fingerprint density at radius 3 is 2.69 bits per heavy atom. The minimum atomic E-state index is -1.25. The van der Waals surface area contributed by atoms with E-state index in [1.54, 1.807) is 6.26 Å². The van der Waals surface area contributed by atoms with Crippen LogP contribution in [-0.4, -0.2) is 45.4 Å². The molecule has 1 fully saturated rings. The first kappa shape index (κ1) is 21.5. The molecule has 6 heteroatoms. The standard InChI is InChI=1S/C20H29BrO4Si/c1-20(2)24-15-17-19(25-20)18(16(21)14-23-17)22-12-10-8-6-7-9-11-13-26(3,4)5/h14,17-19H,6-7,9,12,15H2,1-5H3/t17-,18-,19-/m1/s1. The molecule has 0 saturated carbocycles. The van der Waals surface area contributed by atoms with Crippen LogP contribution in [0.3, 0.4) is 0 Å². The fourth-order valence-corrected chi connectivity index (χ4v) is 3.76. The van der Waals surface area contributed by atoms with E-state index < -0.39 is 13.9 Å². The summed E-state index contributed by atoms with van der Waals surface area (Å²) in [5.41, 5.74) is 3.37. The summed E-state index contributed by atoms with van der Waals surface area (Å²) in [4.78, 5) is 0. The molecule has 1 saturated heterocycles. The van der Waals surface area contributed by atoms with Gasteiger partial charge in [-0.1, -0.05) is 25.6 Å². The molecule has 0 aromatic rings. The summed E-state index contributed by atoms with van der Waals surface area (Å²) in [6.45, 7) is 11.4. The second-order valence-corrected chi connectivity index (χ2v) is 13.6. The lowest BCUT2D eigenvalue weighted by Crippen LogP contribution is -2.56. The van der Waals surface area contributed by atoms with E-state index in [9.17, 15) is 0 Å². The van der Waals surface area contributed by atoms with Crippen molar-refractivity contribution in [3.8, 4) is 23.3 Å². The van der Waals surface area contributed by atoms with Crippen molar-refractivity contribution in [1.82, 2.24) is 0 Å². The maximum absolute atomic E-state index is 6.01. The molecule has 2 heterocycles. The average molecular weight is 441 g/mol. The van der Waals surface area contributed by atoms with E-state index in [-0.39, 0.29) is 18.3 Å². The summed E-state index contributed by atoms with van der Waals surface area (Å²) >= 11 is 3.51. The van der Waals surface area contributed by atoms with E-state index in [0.717, 1.165) is 23.7 Å². The maximum Gasteiger partial charge on any atom is 0.163 e. The summed E-state index contributed by atoms with van der Waals surface area (Å²) in [7, 11) is -1.25. The van der Waals surface area contributed by atoms with Crippen molar-refractivity contribution >= 4 is 24.0 Å². The van der Waals surface area contributed by atoms with Crippen molar-refractivity contribution in [2.45, 2.75) is 76.8 Å². The van der Waals surface area contributed by atoms with Crippen molar-refractivity contribution in [1.29, 1.82) is 0 Å². The van der Waals surface area contributed by atoms with Crippen LogP contribution in [-0.2, 0) is 18.9 Å². The van der Waals surface area contributed by atoms with Crippen LogP contribution in [0.4, 0.5) is 0 Å². The van der Waals surface area contributed by atoms with Crippen LogP contribution in [0.1, 0.15) is 33.1 Å². The van der Waals surface area contributed by atoms with Crippen molar-refractivity contribution in [3.05, 3.63) is 10.7 Å². The summed E-state index contributed by atoms with van der Waals surface area (Å²) in [5, 5.41) is 0. The molecule has 4 nitrogen and oxygen atoms in total. The predicted octanol–water partition coefficient (Wildman–Crippen LogP) is 4.21. The molecule has 0 bridgehead atoms. The van der Waals surface area contributed by atoms with E-state index in [0.29, 0.717) is 13.2 Å². The van der Waals surface area contributed by atoms with Crippen molar-refractivity contribution in [3.63, 3.8) is 0 Å². The molecular weight excluding hydrogens is 412 g/mol. The van der Waals surface area contributed by atoms with Gasteiger partial charge in [-0.3, -0.25) is 0 Å². The highest BCUT2D eigenvalue weighted by molar-refractivity contribution is 9.11. The molecule has 3 atom stereocenters. The van der Waals surface area contributed by atoms with Gasteiger partial charge in [-0.25, -0.2) is 0 Å². The van der Waals surface area contributed by atoms with Crippen LogP contribution >= 0.6 is 15.9 Å². The minimum absolute atomic E-state index is 0.160. The third-order valence-electron chi connectivity index (χ3n) is 3.83. The topological polar surface area (TPSA) is 36.9 Å². The van der Waals surface area contributed by atoms with Gasteiger partial charge in [0, 0.05) is 12.8 Å². The number of rotatable bonds is 4.